The maximum Gasteiger partial charge on any atom is 0.273 e. The van der Waals surface area contributed by atoms with Crippen LogP contribution in [0.15, 0.2) is 44.4 Å². The van der Waals surface area contributed by atoms with E-state index in [-0.39, 0.29) is 23.1 Å². The third-order valence-corrected chi connectivity index (χ3v) is 6.88. The summed E-state index contributed by atoms with van der Waals surface area (Å²) in [4.78, 5) is 16.5. The standard InChI is InChI=1S/C17H21BrN2O4S/c1-11(2)15-14(20-10-24-15)16(21)19-9-17(3,4)25(22,23)13-7-5-12(18)6-8-13/h5-8,10-11H,9H2,1-4H3,(H,19,21). The average molecular weight is 429 g/mol. The molecule has 8 heteroatoms. The van der Waals surface area contributed by atoms with E-state index >= 15 is 0 Å². The van der Waals surface area contributed by atoms with Crippen molar-refractivity contribution in [3.8, 4) is 0 Å². The Hall–Kier alpha value is -1.67. The summed E-state index contributed by atoms with van der Waals surface area (Å²) in [5.41, 5.74) is 0.187. The molecule has 2 rings (SSSR count). The molecule has 0 fully saturated rings. The summed E-state index contributed by atoms with van der Waals surface area (Å²) in [5, 5.41) is 2.66. The average Bonchev–Trinajstić information content (AvgIpc) is 3.03. The number of halogens is 1. The van der Waals surface area contributed by atoms with Crippen molar-refractivity contribution < 1.29 is 17.6 Å². The molecule has 0 saturated heterocycles. The van der Waals surface area contributed by atoms with Gasteiger partial charge in [-0.15, -0.1) is 0 Å². The Morgan fingerprint density at radius 1 is 1.28 bits per heavy atom. The molecule has 0 aliphatic rings. The third kappa shape index (κ3) is 4.12. The first-order valence-corrected chi connectivity index (χ1v) is 10.1. The second-order valence-corrected chi connectivity index (χ2v) is 10.1. The molecule has 0 unspecified atom stereocenters. The number of nitrogens with zero attached hydrogens (tertiary/aromatic N) is 1. The zero-order valence-electron chi connectivity index (χ0n) is 14.5. The van der Waals surface area contributed by atoms with Crippen LogP contribution in [0, 0.1) is 0 Å². The lowest BCUT2D eigenvalue weighted by Crippen LogP contribution is -2.44. The van der Waals surface area contributed by atoms with Gasteiger partial charge in [-0.05, 0) is 38.1 Å². The van der Waals surface area contributed by atoms with Crippen LogP contribution < -0.4 is 5.32 Å². The molecule has 0 aliphatic carbocycles. The second kappa shape index (κ2) is 7.29. The van der Waals surface area contributed by atoms with Crippen molar-refractivity contribution in [3.05, 3.63) is 46.6 Å². The lowest BCUT2D eigenvalue weighted by atomic mass is 10.1. The Balaban J connectivity index is 2.16. The van der Waals surface area contributed by atoms with Crippen LogP contribution in [-0.4, -0.2) is 30.6 Å². The normalized spacial score (nSPS) is 12.4. The fourth-order valence-electron chi connectivity index (χ4n) is 2.24. The molecule has 1 heterocycles. The highest BCUT2D eigenvalue weighted by molar-refractivity contribution is 9.10. The molecule has 6 nitrogen and oxygen atoms in total. The predicted molar refractivity (Wildman–Crippen MR) is 98.3 cm³/mol. The van der Waals surface area contributed by atoms with Crippen molar-refractivity contribution in [1.82, 2.24) is 10.3 Å². The minimum absolute atomic E-state index is 0.00255. The third-order valence-electron chi connectivity index (χ3n) is 3.86. The Morgan fingerprint density at radius 3 is 2.44 bits per heavy atom. The lowest BCUT2D eigenvalue weighted by Gasteiger charge is -2.25. The lowest BCUT2D eigenvalue weighted by molar-refractivity contribution is 0.0943. The minimum atomic E-state index is -3.63. The van der Waals surface area contributed by atoms with Gasteiger partial charge in [0.25, 0.3) is 5.91 Å². The van der Waals surface area contributed by atoms with Gasteiger partial charge in [-0.2, -0.15) is 0 Å². The summed E-state index contributed by atoms with van der Waals surface area (Å²) >= 11 is 3.29. The molecule has 1 aromatic carbocycles. The SMILES string of the molecule is CC(C)c1ocnc1C(=O)NCC(C)(C)S(=O)(=O)c1ccc(Br)cc1. The van der Waals surface area contributed by atoms with Crippen molar-refractivity contribution in [2.24, 2.45) is 0 Å². The highest BCUT2D eigenvalue weighted by Gasteiger charge is 2.36. The molecule has 0 atom stereocenters. The van der Waals surface area contributed by atoms with Gasteiger partial charge in [-0.3, -0.25) is 4.79 Å². The predicted octanol–water partition coefficient (Wildman–Crippen LogP) is 3.54. The van der Waals surface area contributed by atoms with Crippen LogP contribution in [-0.2, 0) is 9.84 Å². The summed E-state index contributed by atoms with van der Waals surface area (Å²) < 4.78 is 30.5. The summed E-state index contributed by atoms with van der Waals surface area (Å²) in [7, 11) is -3.63. The number of oxazole rings is 1. The largest absolute Gasteiger partial charge is 0.447 e. The van der Waals surface area contributed by atoms with E-state index in [0.717, 1.165) is 4.47 Å². The molecule has 0 radical (unpaired) electrons. The molecule has 1 aromatic heterocycles. The first-order chi connectivity index (χ1) is 11.6. The first kappa shape index (κ1) is 19.7. The van der Waals surface area contributed by atoms with E-state index in [1.54, 1.807) is 26.0 Å². The number of hydrogen-bond donors (Lipinski definition) is 1. The number of benzene rings is 1. The van der Waals surface area contributed by atoms with Crippen molar-refractivity contribution >= 4 is 31.7 Å². The molecule has 136 valence electrons. The summed E-state index contributed by atoms with van der Waals surface area (Å²) in [6.45, 7) is 6.89. The van der Waals surface area contributed by atoms with Crippen molar-refractivity contribution in [1.29, 1.82) is 0 Å². The molecule has 0 bridgehead atoms. The fourth-order valence-corrected chi connectivity index (χ4v) is 3.90. The highest BCUT2D eigenvalue weighted by Crippen LogP contribution is 2.26. The molecule has 2 aromatic rings. The van der Waals surface area contributed by atoms with Crippen LogP contribution in [0.5, 0.6) is 0 Å². The Bertz CT molecular complexity index is 855. The summed E-state index contributed by atoms with van der Waals surface area (Å²) in [6.07, 6.45) is 1.22. The van der Waals surface area contributed by atoms with E-state index in [4.69, 9.17) is 4.42 Å². The van der Waals surface area contributed by atoms with Crippen molar-refractivity contribution in [2.45, 2.75) is 43.3 Å². The van der Waals surface area contributed by atoms with Crippen LogP contribution >= 0.6 is 15.9 Å². The van der Waals surface area contributed by atoms with Gasteiger partial charge in [-0.25, -0.2) is 13.4 Å². The van der Waals surface area contributed by atoms with Crippen LogP contribution in [0.4, 0.5) is 0 Å². The van der Waals surface area contributed by atoms with E-state index < -0.39 is 20.5 Å². The van der Waals surface area contributed by atoms with Crippen molar-refractivity contribution in [3.63, 3.8) is 0 Å². The molecule has 0 aliphatic heterocycles. The summed E-state index contributed by atoms with van der Waals surface area (Å²) in [6, 6.07) is 6.42. The molecular weight excluding hydrogens is 408 g/mol. The van der Waals surface area contributed by atoms with Gasteiger partial charge in [0.05, 0.1) is 9.64 Å². The van der Waals surface area contributed by atoms with E-state index in [1.807, 2.05) is 13.8 Å². The number of rotatable bonds is 6. The quantitative estimate of drug-likeness (QED) is 0.759. The minimum Gasteiger partial charge on any atom is -0.447 e. The van der Waals surface area contributed by atoms with Gasteiger partial charge >= 0.3 is 0 Å². The number of aromatic nitrogens is 1. The smallest absolute Gasteiger partial charge is 0.273 e. The Labute approximate surface area is 156 Å². The number of amides is 1. The first-order valence-electron chi connectivity index (χ1n) is 7.78. The molecule has 1 N–H and O–H groups in total. The Kier molecular flexibility index (Phi) is 5.73. The van der Waals surface area contributed by atoms with E-state index in [2.05, 4.69) is 26.2 Å². The van der Waals surface area contributed by atoms with Gasteiger partial charge < -0.3 is 9.73 Å². The van der Waals surface area contributed by atoms with E-state index in [1.165, 1.54) is 18.5 Å². The number of nitrogens with one attached hydrogen (secondary N) is 1. The van der Waals surface area contributed by atoms with Crippen molar-refractivity contribution in [2.75, 3.05) is 6.54 Å². The zero-order valence-corrected chi connectivity index (χ0v) is 16.9. The highest BCUT2D eigenvalue weighted by atomic mass is 79.9. The Morgan fingerprint density at radius 2 is 1.88 bits per heavy atom. The van der Waals surface area contributed by atoms with Crippen LogP contribution in [0.1, 0.15) is 49.9 Å². The van der Waals surface area contributed by atoms with E-state index in [0.29, 0.717) is 5.76 Å². The molecule has 1 amide bonds. The van der Waals surface area contributed by atoms with Crippen LogP contribution in [0.3, 0.4) is 0 Å². The van der Waals surface area contributed by atoms with Crippen LogP contribution in [0.25, 0.3) is 0 Å². The zero-order chi connectivity index (χ0) is 18.8. The topological polar surface area (TPSA) is 89.3 Å². The number of carbonyl (C=O) groups is 1. The molecule has 0 spiro atoms. The second-order valence-electron chi connectivity index (χ2n) is 6.62. The van der Waals surface area contributed by atoms with E-state index in [9.17, 15) is 13.2 Å². The number of hydrogen-bond acceptors (Lipinski definition) is 5. The monoisotopic (exact) mass is 428 g/mol. The number of sulfone groups is 1. The molecular formula is C17H21BrN2O4S. The fraction of sp³-hybridized carbons (Fsp3) is 0.412. The molecule has 25 heavy (non-hydrogen) atoms. The van der Waals surface area contributed by atoms with Gasteiger partial charge in [-0.1, -0.05) is 29.8 Å². The maximum atomic E-state index is 12.8. The molecule has 0 saturated carbocycles. The summed E-state index contributed by atoms with van der Waals surface area (Å²) in [5.74, 6) is 0.0327. The number of carbonyl (C=O) groups excluding carboxylic acids is 1. The van der Waals surface area contributed by atoms with Gasteiger partial charge in [0.15, 0.2) is 21.9 Å². The van der Waals surface area contributed by atoms with Gasteiger partial charge in [0.2, 0.25) is 0 Å². The van der Waals surface area contributed by atoms with Crippen LogP contribution in [0.2, 0.25) is 0 Å². The maximum absolute atomic E-state index is 12.8. The van der Waals surface area contributed by atoms with Gasteiger partial charge in [0.1, 0.15) is 5.76 Å². The van der Waals surface area contributed by atoms with Gasteiger partial charge in [0, 0.05) is 16.9 Å².